The lowest BCUT2D eigenvalue weighted by molar-refractivity contribution is -0.136. The molecule has 0 fully saturated rings. The second-order valence-electron chi connectivity index (χ2n) is 9.48. The third-order valence-corrected chi connectivity index (χ3v) is 8.99. The molecule has 0 saturated carbocycles. The van der Waals surface area contributed by atoms with Crippen molar-refractivity contribution < 1.29 is 28.1 Å². The first kappa shape index (κ1) is 31.9. The van der Waals surface area contributed by atoms with Gasteiger partial charge in [-0.1, -0.05) is 29.5 Å². The number of halogens is 3. The summed E-state index contributed by atoms with van der Waals surface area (Å²) in [5.74, 6) is 0.769. The Morgan fingerprint density at radius 2 is 1.86 bits per heavy atom. The Bertz CT molecular complexity index is 1920. The fourth-order valence-electron chi connectivity index (χ4n) is 4.72. The monoisotopic (exact) mass is 792 g/mol. The molecule has 0 radical (unpaired) electrons. The maximum Gasteiger partial charge on any atom is 0.337 e. The number of esters is 1. The maximum atomic E-state index is 13.9. The molecule has 0 bridgehead atoms. The molecule has 0 N–H and O–H groups in total. The zero-order chi connectivity index (χ0) is 31.4. The Balaban J connectivity index is 1.54. The molecule has 44 heavy (non-hydrogen) atoms. The minimum Gasteiger partial charge on any atom is -0.490 e. The number of benzene rings is 3. The van der Waals surface area contributed by atoms with Crippen LogP contribution in [0.4, 0.5) is 4.39 Å². The molecule has 3 aromatic carbocycles. The summed E-state index contributed by atoms with van der Waals surface area (Å²) in [6.07, 6.45) is 3.22. The Morgan fingerprint density at radius 1 is 1.09 bits per heavy atom. The molecule has 2 heterocycles. The zero-order valence-corrected chi connectivity index (χ0v) is 28.5. The van der Waals surface area contributed by atoms with Gasteiger partial charge in [-0.25, -0.2) is 14.2 Å². The summed E-state index contributed by atoms with van der Waals surface area (Å²) in [6.45, 7) is 4.82. The van der Waals surface area contributed by atoms with Crippen LogP contribution in [0.15, 0.2) is 80.6 Å². The second kappa shape index (κ2) is 14.1. The van der Waals surface area contributed by atoms with Crippen LogP contribution < -0.4 is 29.1 Å². The average molecular weight is 793 g/mol. The summed E-state index contributed by atoms with van der Waals surface area (Å²) in [6, 6.07) is 14.5. The van der Waals surface area contributed by atoms with Gasteiger partial charge in [0.25, 0.3) is 5.56 Å². The highest BCUT2D eigenvalue weighted by Crippen LogP contribution is 2.35. The molecule has 4 aromatic rings. The van der Waals surface area contributed by atoms with Crippen LogP contribution in [0.1, 0.15) is 36.6 Å². The van der Waals surface area contributed by atoms with E-state index in [0.717, 1.165) is 9.13 Å². The van der Waals surface area contributed by atoms with Gasteiger partial charge in [-0.05, 0) is 112 Å². The summed E-state index contributed by atoms with van der Waals surface area (Å²) < 4.78 is 39.6. The molecular weight excluding hydrogens is 766 g/mol. The van der Waals surface area contributed by atoms with Crippen molar-refractivity contribution in [2.45, 2.75) is 26.5 Å². The molecule has 5 rings (SSSR count). The molecule has 0 aliphatic carbocycles. The smallest absolute Gasteiger partial charge is 0.337 e. The largest absolute Gasteiger partial charge is 0.490 e. The van der Waals surface area contributed by atoms with Crippen molar-refractivity contribution in [1.29, 1.82) is 0 Å². The number of rotatable bonds is 10. The predicted molar refractivity (Wildman–Crippen MR) is 178 cm³/mol. The van der Waals surface area contributed by atoms with Crippen LogP contribution in [0, 0.1) is 9.39 Å². The highest BCUT2D eigenvalue weighted by Gasteiger charge is 2.31. The number of carbonyl (C=O) groups excluding carboxylic acids is 1. The van der Waals surface area contributed by atoms with Gasteiger partial charge in [0.1, 0.15) is 18.2 Å². The predicted octanol–water partition coefficient (Wildman–Crippen LogP) is 5.90. The van der Waals surface area contributed by atoms with Crippen LogP contribution in [0.2, 0.25) is 0 Å². The molecule has 8 nitrogen and oxygen atoms in total. The first-order valence-corrected chi connectivity index (χ1v) is 16.3. The summed E-state index contributed by atoms with van der Waals surface area (Å²) in [5.41, 5.74) is 2.02. The number of ether oxygens (including phenoxy) is 4. The lowest BCUT2D eigenvalue weighted by Crippen LogP contribution is -2.39. The molecular formula is C32H27BrFIN2O6S. The molecule has 228 valence electrons. The molecule has 12 heteroatoms. The standard InChI is InChI=1S/C32H27BrFIN2O6S/c1-4-41-25-10-9-20(15-26(25)42-5-2)28-22(31(39)40-3)16-36-32-37(28)30(38)27(44-32)14-19-12-23(33)29(24(35)13-19)43-17-18-7-6-8-21(34)11-18/h6-16,28H,4-5,17H2,1-3H3/b27-14-/t28-/m0/s1. The number of hydrogen-bond acceptors (Lipinski definition) is 8. The van der Waals surface area contributed by atoms with Gasteiger partial charge in [-0.3, -0.25) is 9.36 Å². The SMILES string of the molecule is CCOc1ccc([C@H]2C(C(=O)OC)=CN=c3s/c(=C\c4cc(Br)c(OCc5cccc(F)c5)c(I)c4)c(=O)n32)cc1OCC. The number of fused-ring (bicyclic) bond motifs is 1. The molecule has 0 spiro atoms. The second-order valence-corrected chi connectivity index (χ2v) is 12.5. The molecule has 1 aromatic heterocycles. The van der Waals surface area contributed by atoms with E-state index < -0.39 is 12.0 Å². The van der Waals surface area contributed by atoms with E-state index in [1.54, 1.807) is 36.4 Å². The fourth-order valence-corrected chi connectivity index (χ4v) is 7.46. The van der Waals surface area contributed by atoms with Gasteiger partial charge < -0.3 is 18.9 Å². The van der Waals surface area contributed by atoms with E-state index in [1.807, 2.05) is 26.0 Å². The number of carbonyl (C=O) groups is 1. The van der Waals surface area contributed by atoms with Crippen LogP contribution in [0.25, 0.3) is 6.08 Å². The first-order valence-electron chi connectivity index (χ1n) is 13.6. The fraction of sp³-hybridized carbons (Fsp3) is 0.219. The highest BCUT2D eigenvalue weighted by molar-refractivity contribution is 14.1. The summed E-state index contributed by atoms with van der Waals surface area (Å²) in [7, 11) is 1.29. The molecule has 1 aliphatic heterocycles. The molecule has 1 atom stereocenters. The van der Waals surface area contributed by atoms with Crippen LogP contribution in [0.3, 0.4) is 0 Å². The van der Waals surface area contributed by atoms with Gasteiger partial charge in [0.05, 0.1) is 44.5 Å². The Labute approximate surface area is 278 Å². The van der Waals surface area contributed by atoms with Gasteiger partial charge in [-0.2, -0.15) is 0 Å². The molecule has 0 saturated heterocycles. The summed E-state index contributed by atoms with van der Waals surface area (Å²) in [4.78, 5) is 31.7. The Hall–Kier alpha value is -3.49. The summed E-state index contributed by atoms with van der Waals surface area (Å²) in [5, 5.41) is 0. The van der Waals surface area contributed by atoms with E-state index in [-0.39, 0.29) is 23.6 Å². The zero-order valence-electron chi connectivity index (χ0n) is 23.9. The number of nitrogens with zero attached hydrogens (tertiary/aromatic N) is 2. The molecule has 1 aliphatic rings. The number of methoxy groups -OCH3 is 1. The van der Waals surface area contributed by atoms with Gasteiger partial charge in [-0.15, -0.1) is 0 Å². The van der Waals surface area contributed by atoms with Crippen molar-refractivity contribution in [2.75, 3.05) is 20.3 Å². The lowest BCUT2D eigenvalue weighted by atomic mass is 9.97. The van der Waals surface area contributed by atoms with Crippen molar-refractivity contribution in [3.8, 4) is 17.2 Å². The van der Waals surface area contributed by atoms with Gasteiger partial charge in [0, 0.05) is 6.20 Å². The van der Waals surface area contributed by atoms with Crippen LogP contribution >= 0.6 is 49.9 Å². The summed E-state index contributed by atoms with van der Waals surface area (Å²) >= 11 is 6.96. The maximum absolute atomic E-state index is 13.9. The van der Waals surface area contributed by atoms with E-state index in [2.05, 4.69) is 43.5 Å². The normalized spacial score (nSPS) is 14.4. The topological polar surface area (TPSA) is 88.4 Å². The highest BCUT2D eigenvalue weighted by atomic mass is 127. The molecule has 0 unspecified atom stereocenters. The third kappa shape index (κ3) is 6.76. The van der Waals surface area contributed by atoms with E-state index >= 15 is 0 Å². The van der Waals surface area contributed by atoms with Crippen molar-refractivity contribution in [3.63, 3.8) is 0 Å². The first-order chi connectivity index (χ1) is 21.2. The number of hydrogen-bond donors (Lipinski definition) is 0. The Morgan fingerprint density at radius 3 is 2.57 bits per heavy atom. The van der Waals surface area contributed by atoms with Gasteiger partial charge >= 0.3 is 5.97 Å². The molecule has 0 amide bonds. The van der Waals surface area contributed by atoms with E-state index in [4.69, 9.17) is 18.9 Å². The van der Waals surface area contributed by atoms with Crippen molar-refractivity contribution in [3.05, 3.63) is 117 Å². The third-order valence-electron chi connectivity index (χ3n) is 6.60. The van der Waals surface area contributed by atoms with Gasteiger partial charge in [0.2, 0.25) is 0 Å². The van der Waals surface area contributed by atoms with E-state index in [0.29, 0.717) is 55.4 Å². The average Bonchev–Trinajstić information content (AvgIpc) is 3.31. The van der Waals surface area contributed by atoms with Crippen LogP contribution in [0.5, 0.6) is 17.2 Å². The van der Waals surface area contributed by atoms with Crippen molar-refractivity contribution >= 4 is 61.9 Å². The Kier molecular flexibility index (Phi) is 10.2. The minimum atomic E-state index is -0.791. The number of aromatic nitrogens is 1. The quantitative estimate of drug-likeness (QED) is 0.147. The van der Waals surface area contributed by atoms with Crippen LogP contribution in [-0.4, -0.2) is 30.9 Å². The number of thiazole rings is 1. The lowest BCUT2D eigenvalue weighted by Gasteiger charge is -2.23. The minimum absolute atomic E-state index is 0.198. The van der Waals surface area contributed by atoms with E-state index in [9.17, 15) is 14.0 Å². The van der Waals surface area contributed by atoms with Gasteiger partial charge in [0.15, 0.2) is 16.3 Å². The van der Waals surface area contributed by atoms with Crippen LogP contribution in [-0.2, 0) is 16.1 Å². The van der Waals surface area contributed by atoms with E-state index in [1.165, 1.54) is 41.3 Å². The van der Waals surface area contributed by atoms with Crippen molar-refractivity contribution in [1.82, 2.24) is 4.57 Å². The van der Waals surface area contributed by atoms with Crippen molar-refractivity contribution in [2.24, 2.45) is 4.99 Å².